The molecule has 0 bridgehead atoms. The second-order valence-electron chi connectivity index (χ2n) is 3.69. The second-order valence-corrected chi connectivity index (χ2v) is 3.69. The lowest BCUT2D eigenvalue weighted by atomic mass is 10.1. The molecular weight excluding hydrogens is 204 g/mol. The average molecular weight is 218 g/mol. The zero-order chi connectivity index (χ0) is 11.7. The number of anilines is 1. The molecule has 0 amide bonds. The van der Waals surface area contributed by atoms with E-state index in [9.17, 15) is 4.79 Å². The van der Waals surface area contributed by atoms with Crippen LogP contribution < -0.4 is 16.0 Å². The van der Waals surface area contributed by atoms with Gasteiger partial charge in [0.25, 0.3) is 0 Å². The third kappa shape index (κ3) is 1.74. The van der Waals surface area contributed by atoms with Gasteiger partial charge in [0.05, 0.1) is 12.1 Å². The van der Waals surface area contributed by atoms with Crippen molar-refractivity contribution in [3.8, 4) is 5.75 Å². The summed E-state index contributed by atoms with van der Waals surface area (Å²) in [5.41, 5.74) is 7.90. The summed E-state index contributed by atoms with van der Waals surface area (Å²) in [5.74, 6) is 0.623. The number of H-pyrrole nitrogens is 1. The van der Waals surface area contributed by atoms with Gasteiger partial charge in [0, 0.05) is 23.2 Å². The van der Waals surface area contributed by atoms with E-state index in [2.05, 4.69) is 4.98 Å². The van der Waals surface area contributed by atoms with Crippen molar-refractivity contribution in [2.75, 3.05) is 12.3 Å². The van der Waals surface area contributed by atoms with Crippen molar-refractivity contribution in [3.05, 3.63) is 34.1 Å². The van der Waals surface area contributed by atoms with E-state index in [0.717, 1.165) is 10.9 Å². The largest absolute Gasteiger partial charge is 0.492 e. The van der Waals surface area contributed by atoms with E-state index in [0.29, 0.717) is 23.6 Å². The Morgan fingerprint density at radius 3 is 2.81 bits per heavy atom. The van der Waals surface area contributed by atoms with Crippen LogP contribution in [-0.4, -0.2) is 11.6 Å². The SMILES string of the molecule is CCOc1cc(N)cc2c(C)cc(=O)[nH]c12. The van der Waals surface area contributed by atoms with E-state index in [1.165, 1.54) is 0 Å². The summed E-state index contributed by atoms with van der Waals surface area (Å²) in [6.07, 6.45) is 0. The molecule has 0 radical (unpaired) electrons. The van der Waals surface area contributed by atoms with E-state index < -0.39 is 0 Å². The summed E-state index contributed by atoms with van der Waals surface area (Å²) < 4.78 is 5.46. The summed E-state index contributed by atoms with van der Waals surface area (Å²) in [7, 11) is 0. The minimum atomic E-state index is -0.129. The van der Waals surface area contributed by atoms with Crippen LogP contribution >= 0.6 is 0 Å². The number of aryl methyl sites for hydroxylation is 1. The molecule has 2 rings (SSSR count). The predicted molar refractivity (Wildman–Crippen MR) is 64.9 cm³/mol. The molecule has 0 saturated carbocycles. The van der Waals surface area contributed by atoms with Crippen LogP contribution in [0.5, 0.6) is 5.75 Å². The summed E-state index contributed by atoms with van der Waals surface area (Å²) in [6.45, 7) is 4.31. The Morgan fingerprint density at radius 1 is 1.38 bits per heavy atom. The number of nitrogens with one attached hydrogen (secondary N) is 1. The Kier molecular flexibility index (Phi) is 2.56. The van der Waals surface area contributed by atoms with Crippen LogP contribution in [-0.2, 0) is 0 Å². The highest BCUT2D eigenvalue weighted by Gasteiger charge is 2.07. The maximum atomic E-state index is 11.4. The van der Waals surface area contributed by atoms with E-state index in [1.807, 2.05) is 19.9 Å². The van der Waals surface area contributed by atoms with Gasteiger partial charge in [0.1, 0.15) is 5.75 Å². The molecule has 0 spiro atoms. The molecule has 4 nitrogen and oxygen atoms in total. The predicted octanol–water partition coefficient (Wildman–Crippen LogP) is 1.82. The fourth-order valence-corrected chi connectivity index (χ4v) is 1.78. The van der Waals surface area contributed by atoms with Gasteiger partial charge in [0.2, 0.25) is 5.56 Å². The smallest absolute Gasteiger partial charge is 0.248 e. The number of hydrogen-bond acceptors (Lipinski definition) is 3. The Hall–Kier alpha value is -1.97. The first-order chi connectivity index (χ1) is 7.61. The van der Waals surface area contributed by atoms with Gasteiger partial charge in [-0.3, -0.25) is 4.79 Å². The van der Waals surface area contributed by atoms with Gasteiger partial charge in [-0.15, -0.1) is 0 Å². The monoisotopic (exact) mass is 218 g/mol. The fraction of sp³-hybridized carbons (Fsp3) is 0.250. The van der Waals surface area contributed by atoms with Gasteiger partial charge in [-0.25, -0.2) is 0 Å². The van der Waals surface area contributed by atoms with Crippen LogP contribution in [0.3, 0.4) is 0 Å². The van der Waals surface area contributed by atoms with Crippen LogP contribution in [0.15, 0.2) is 23.0 Å². The number of aromatic nitrogens is 1. The lowest BCUT2D eigenvalue weighted by molar-refractivity contribution is 0.344. The minimum Gasteiger partial charge on any atom is -0.492 e. The Balaban J connectivity index is 2.84. The number of ether oxygens (including phenoxy) is 1. The van der Waals surface area contributed by atoms with Crippen molar-refractivity contribution in [1.82, 2.24) is 4.98 Å². The van der Waals surface area contributed by atoms with E-state index >= 15 is 0 Å². The topological polar surface area (TPSA) is 68.1 Å². The molecule has 1 aromatic heterocycles. The quantitative estimate of drug-likeness (QED) is 0.755. The molecule has 1 heterocycles. The average Bonchev–Trinajstić information content (AvgIpc) is 2.20. The zero-order valence-corrected chi connectivity index (χ0v) is 9.33. The van der Waals surface area contributed by atoms with Gasteiger partial charge in [0.15, 0.2) is 0 Å². The molecule has 0 unspecified atom stereocenters. The molecule has 3 N–H and O–H groups in total. The lowest BCUT2D eigenvalue weighted by Gasteiger charge is -2.09. The zero-order valence-electron chi connectivity index (χ0n) is 9.33. The molecule has 0 fully saturated rings. The molecule has 4 heteroatoms. The third-order valence-corrected chi connectivity index (χ3v) is 2.44. The molecule has 16 heavy (non-hydrogen) atoms. The fourth-order valence-electron chi connectivity index (χ4n) is 1.78. The van der Waals surface area contributed by atoms with Crippen LogP contribution in [0.25, 0.3) is 10.9 Å². The van der Waals surface area contributed by atoms with Crippen LogP contribution in [0, 0.1) is 6.92 Å². The molecule has 1 aromatic carbocycles. The molecule has 0 aliphatic carbocycles. The summed E-state index contributed by atoms with van der Waals surface area (Å²) in [4.78, 5) is 14.2. The van der Waals surface area contributed by atoms with Crippen LogP contribution in [0.2, 0.25) is 0 Å². The minimum absolute atomic E-state index is 0.129. The van der Waals surface area contributed by atoms with E-state index in [1.54, 1.807) is 12.1 Å². The van der Waals surface area contributed by atoms with Gasteiger partial charge < -0.3 is 15.5 Å². The molecule has 0 aliphatic rings. The van der Waals surface area contributed by atoms with Crippen LogP contribution in [0.1, 0.15) is 12.5 Å². The highest BCUT2D eigenvalue weighted by Crippen LogP contribution is 2.28. The molecule has 0 saturated heterocycles. The number of nitrogen functional groups attached to an aromatic ring is 1. The summed E-state index contributed by atoms with van der Waals surface area (Å²) in [6, 6.07) is 5.11. The van der Waals surface area contributed by atoms with Crippen molar-refractivity contribution in [2.45, 2.75) is 13.8 Å². The first-order valence-electron chi connectivity index (χ1n) is 5.17. The maximum Gasteiger partial charge on any atom is 0.248 e. The number of aromatic amines is 1. The summed E-state index contributed by atoms with van der Waals surface area (Å²) >= 11 is 0. The highest BCUT2D eigenvalue weighted by atomic mass is 16.5. The van der Waals surface area contributed by atoms with Gasteiger partial charge in [-0.05, 0) is 25.5 Å². The van der Waals surface area contributed by atoms with Gasteiger partial charge in [-0.1, -0.05) is 0 Å². The lowest BCUT2D eigenvalue weighted by Crippen LogP contribution is -2.07. The molecule has 2 aromatic rings. The molecule has 0 atom stereocenters. The van der Waals surface area contributed by atoms with E-state index in [4.69, 9.17) is 10.5 Å². The van der Waals surface area contributed by atoms with E-state index in [-0.39, 0.29) is 5.56 Å². The number of fused-ring (bicyclic) bond motifs is 1. The summed E-state index contributed by atoms with van der Waals surface area (Å²) in [5, 5.41) is 0.919. The van der Waals surface area contributed by atoms with Crippen molar-refractivity contribution in [2.24, 2.45) is 0 Å². The maximum absolute atomic E-state index is 11.4. The first kappa shape index (κ1) is 10.5. The molecule has 84 valence electrons. The standard InChI is InChI=1S/C12H14N2O2/c1-3-16-10-6-8(13)5-9-7(2)4-11(15)14-12(9)10/h4-6H,3,13H2,1-2H3,(H,14,15). The highest BCUT2D eigenvalue weighted by molar-refractivity contribution is 5.90. The van der Waals surface area contributed by atoms with Crippen molar-refractivity contribution in [1.29, 1.82) is 0 Å². The van der Waals surface area contributed by atoms with Crippen LogP contribution in [0.4, 0.5) is 5.69 Å². The number of benzene rings is 1. The third-order valence-electron chi connectivity index (χ3n) is 2.44. The normalized spacial score (nSPS) is 10.6. The van der Waals surface area contributed by atoms with Gasteiger partial charge in [-0.2, -0.15) is 0 Å². The van der Waals surface area contributed by atoms with Crippen molar-refractivity contribution >= 4 is 16.6 Å². The molecule has 0 aliphatic heterocycles. The van der Waals surface area contributed by atoms with Crippen molar-refractivity contribution in [3.63, 3.8) is 0 Å². The van der Waals surface area contributed by atoms with Gasteiger partial charge >= 0.3 is 0 Å². The molecular formula is C12H14N2O2. The number of pyridine rings is 1. The Bertz CT molecular complexity index is 587. The number of hydrogen-bond donors (Lipinski definition) is 2. The Labute approximate surface area is 93.0 Å². The number of nitrogens with two attached hydrogens (primary N) is 1. The van der Waals surface area contributed by atoms with Crippen molar-refractivity contribution < 1.29 is 4.74 Å². The second kappa shape index (κ2) is 3.89. The number of rotatable bonds is 2. The Morgan fingerprint density at radius 2 is 2.12 bits per heavy atom. The first-order valence-corrected chi connectivity index (χ1v) is 5.17.